The molecule has 0 saturated carbocycles. The van der Waals surface area contributed by atoms with E-state index in [9.17, 15) is 14.0 Å². The summed E-state index contributed by atoms with van der Waals surface area (Å²) in [5, 5.41) is 0.0768. The van der Waals surface area contributed by atoms with E-state index in [1.165, 1.54) is 18.3 Å². The summed E-state index contributed by atoms with van der Waals surface area (Å²) in [5.41, 5.74) is -0.419. The van der Waals surface area contributed by atoms with Crippen LogP contribution in [-0.2, 0) is 6.67 Å². The minimum Gasteiger partial charge on any atom is -0.273 e. The summed E-state index contributed by atoms with van der Waals surface area (Å²) in [4.78, 5) is 35.2. The summed E-state index contributed by atoms with van der Waals surface area (Å²) in [6.07, 6.45) is 1.48. The van der Waals surface area contributed by atoms with E-state index in [4.69, 9.17) is 23.2 Å². The van der Waals surface area contributed by atoms with Crippen LogP contribution in [-0.4, -0.2) is 19.5 Å². The molecule has 0 fully saturated rings. The van der Waals surface area contributed by atoms with Crippen LogP contribution in [0.2, 0.25) is 10.2 Å². The number of fused-ring (bicyclic) bond motifs is 1. The fraction of sp³-hybridized carbons (Fsp3) is 0.250. The molecule has 6 nitrogen and oxygen atoms in total. The Bertz CT molecular complexity index is 1090. The molecule has 3 rings (SSSR count). The Morgan fingerprint density at radius 2 is 2.04 bits per heavy atom. The molecule has 0 aliphatic rings. The van der Waals surface area contributed by atoms with Crippen LogP contribution in [0.25, 0.3) is 16.7 Å². The number of aromatic nitrogens is 4. The molecular weight excluding hydrogens is 370 g/mol. The molecule has 0 amide bonds. The molecule has 3 aromatic heterocycles. The summed E-state index contributed by atoms with van der Waals surface area (Å²) in [6.45, 7) is 2.92. The second-order valence-corrected chi connectivity index (χ2v) is 6.48. The number of halogens is 3. The van der Waals surface area contributed by atoms with E-state index < -0.39 is 17.9 Å². The Hall–Kier alpha value is -2.25. The number of hydrogen-bond acceptors (Lipinski definition) is 4. The van der Waals surface area contributed by atoms with Crippen molar-refractivity contribution in [3.63, 3.8) is 0 Å². The minimum absolute atomic E-state index is 0.00671. The van der Waals surface area contributed by atoms with Crippen molar-refractivity contribution >= 4 is 34.2 Å². The summed E-state index contributed by atoms with van der Waals surface area (Å²) in [5.74, 6) is -0.0989. The molecule has 0 radical (unpaired) electrons. The summed E-state index contributed by atoms with van der Waals surface area (Å²) >= 11 is 11.9. The molecule has 1 N–H and O–H groups in total. The summed E-state index contributed by atoms with van der Waals surface area (Å²) in [7, 11) is 0. The molecule has 3 aromatic rings. The zero-order valence-electron chi connectivity index (χ0n) is 13.3. The highest BCUT2D eigenvalue weighted by atomic mass is 35.5. The van der Waals surface area contributed by atoms with Gasteiger partial charge in [0.25, 0.3) is 5.56 Å². The Labute approximate surface area is 151 Å². The van der Waals surface area contributed by atoms with Crippen LogP contribution in [0.5, 0.6) is 0 Å². The SMILES string of the molecule is CC(C)c1nccc(CF)c1-n1c(=O)[nH]c(=O)c2cc(Cl)c(Cl)nc21. The number of H-pyrrole nitrogens is 1. The lowest BCUT2D eigenvalue weighted by atomic mass is 10.0. The van der Waals surface area contributed by atoms with E-state index in [2.05, 4.69) is 15.0 Å². The first-order chi connectivity index (χ1) is 11.8. The number of nitrogens with one attached hydrogen (secondary N) is 1. The van der Waals surface area contributed by atoms with Gasteiger partial charge in [0.1, 0.15) is 11.8 Å². The highest BCUT2D eigenvalue weighted by Gasteiger charge is 2.20. The lowest BCUT2D eigenvalue weighted by Gasteiger charge is -2.17. The number of alkyl halides is 1. The third kappa shape index (κ3) is 2.94. The first-order valence-corrected chi connectivity index (χ1v) is 8.16. The van der Waals surface area contributed by atoms with Crippen molar-refractivity contribution in [3.8, 4) is 5.69 Å². The largest absolute Gasteiger partial charge is 0.334 e. The van der Waals surface area contributed by atoms with E-state index >= 15 is 0 Å². The molecule has 0 saturated heterocycles. The van der Waals surface area contributed by atoms with E-state index in [0.29, 0.717) is 5.69 Å². The van der Waals surface area contributed by atoms with Gasteiger partial charge in [-0.15, -0.1) is 0 Å². The van der Waals surface area contributed by atoms with Crippen LogP contribution in [0.3, 0.4) is 0 Å². The smallest absolute Gasteiger partial charge is 0.273 e. The number of pyridine rings is 2. The van der Waals surface area contributed by atoms with Gasteiger partial charge in [-0.1, -0.05) is 37.0 Å². The van der Waals surface area contributed by atoms with Crippen LogP contribution in [0.4, 0.5) is 4.39 Å². The highest BCUT2D eigenvalue weighted by molar-refractivity contribution is 6.41. The number of rotatable bonds is 3. The van der Waals surface area contributed by atoms with E-state index in [-0.39, 0.29) is 38.4 Å². The average Bonchev–Trinajstić information content (AvgIpc) is 2.56. The Kier molecular flexibility index (Phi) is 4.62. The summed E-state index contributed by atoms with van der Waals surface area (Å²) in [6, 6.07) is 2.80. The molecule has 0 bridgehead atoms. The molecule has 0 spiro atoms. The van der Waals surface area contributed by atoms with Gasteiger partial charge >= 0.3 is 5.69 Å². The monoisotopic (exact) mass is 382 g/mol. The maximum absolute atomic E-state index is 13.6. The Morgan fingerprint density at radius 1 is 1.32 bits per heavy atom. The molecule has 25 heavy (non-hydrogen) atoms. The fourth-order valence-corrected chi connectivity index (χ4v) is 2.91. The van der Waals surface area contributed by atoms with E-state index in [1.54, 1.807) is 0 Å². The van der Waals surface area contributed by atoms with Crippen LogP contribution in [0.15, 0.2) is 27.9 Å². The van der Waals surface area contributed by atoms with Crippen LogP contribution in [0, 0.1) is 0 Å². The van der Waals surface area contributed by atoms with Crippen molar-refractivity contribution in [2.45, 2.75) is 26.4 Å². The second-order valence-electron chi connectivity index (χ2n) is 5.72. The van der Waals surface area contributed by atoms with Crippen LogP contribution < -0.4 is 11.2 Å². The van der Waals surface area contributed by atoms with Crippen molar-refractivity contribution in [1.29, 1.82) is 0 Å². The molecule has 3 heterocycles. The van der Waals surface area contributed by atoms with Gasteiger partial charge in [0, 0.05) is 11.8 Å². The molecule has 9 heteroatoms. The molecule has 130 valence electrons. The summed E-state index contributed by atoms with van der Waals surface area (Å²) < 4.78 is 14.7. The van der Waals surface area contributed by atoms with Gasteiger partial charge in [-0.05, 0) is 18.1 Å². The standard InChI is InChI=1S/C16H13Cl2FN4O2/c1-7(2)11-12(8(6-19)3-4-20-11)23-14-9(15(24)22-16(23)25)5-10(17)13(18)21-14/h3-5,7H,6H2,1-2H3,(H,22,24,25). The molecular formula is C16H13Cl2FN4O2. The predicted octanol–water partition coefficient (Wildman–Crippen LogP) is 3.37. The van der Waals surface area contributed by atoms with Crippen molar-refractivity contribution in [2.75, 3.05) is 0 Å². The number of hydrogen-bond donors (Lipinski definition) is 1. The van der Waals surface area contributed by atoms with Crippen molar-refractivity contribution in [1.82, 2.24) is 19.5 Å². The van der Waals surface area contributed by atoms with Crippen LogP contribution in [0.1, 0.15) is 31.0 Å². The number of aromatic amines is 1. The lowest BCUT2D eigenvalue weighted by Crippen LogP contribution is -2.31. The minimum atomic E-state index is -0.814. The van der Waals surface area contributed by atoms with Gasteiger partial charge in [0.05, 0.1) is 21.8 Å². The topological polar surface area (TPSA) is 80.6 Å². The van der Waals surface area contributed by atoms with Gasteiger partial charge in [0.15, 0.2) is 5.65 Å². The van der Waals surface area contributed by atoms with Crippen molar-refractivity contribution in [3.05, 3.63) is 60.6 Å². The van der Waals surface area contributed by atoms with E-state index in [1.807, 2.05) is 13.8 Å². The average molecular weight is 383 g/mol. The van der Waals surface area contributed by atoms with Gasteiger partial charge in [-0.3, -0.25) is 14.8 Å². The first-order valence-electron chi connectivity index (χ1n) is 7.40. The normalized spacial score (nSPS) is 11.4. The van der Waals surface area contributed by atoms with Crippen molar-refractivity contribution in [2.24, 2.45) is 0 Å². The maximum atomic E-state index is 13.6. The van der Waals surface area contributed by atoms with E-state index in [0.717, 1.165) is 4.57 Å². The van der Waals surface area contributed by atoms with Gasteiger partial charge in [0.2, 0.25) is 0 Å². The zero-order valence-corrected chi connectivity index (χ0v) is 14.8. The molecule has 0 aliphatic heterocycles. The molecule has 0 atom stereocenters. The fourth-order valence-electron chi connectivity index (χ4n) is 2.62. The quantitative estimate of drug-likeness (QED) is 0.704. The van der Waals surface area contributed by atoms with Crippen LogP contribution >= 0.6 is 23.2 Å². The lowest BCUT2D eigenvalue weighted by molar-refractivity contribution is 0.482. The van der Waals surface area contributed by atoms with Crippen molar-refractivity contribution < 1.29 is 4.39 Å². The third-order valence-electron chi connectivity index (χ3n) is 3.74. The zero-order chi connectivity index (χ0) is 18.3. The van der Waals surface area contributed by atoms with Gasteiger partial charge in [-0.2, -0.15) is 0 Å². The first kappa shape index (κ1) is 17.6. The predicted molar refractivity (Wildman–Crippen MR) is 94.7 cm³/mol. The highest BCUT2D eigenvalue weighted by Crippen LogP contribution is 2.28. The molecule has 0 aliphatic carbocycles. The maximum Gasteiger partial charge on any atom is 0.334 e. The Morgan fingerprint density at radius 3 is 2.68 bits per heavy atom. The molecule has 0 aromatic carbocycles. The second kappa shape index (κ2) is 6.57. The Balaban J connectivity index is 2.56. The third-order valence-corrected chi connectivity index (χ3v) is 4.42. The molecule has 0 unspecified atom stereocenters. The van der Waals surface area contributed by atoms with Gasteiger partial charge in [-0.25, -0.2) is 18.7 Å². The number of nitrogens with zero attached hydrogens (tertiary/aromatic N) is 3. The van der Waals surface area contributed by atoms with Gasteiger partial charge < -0.3 is 0 Å².